The summed E-state index contributed by atoms with van der Waals surface area (Å²) in [6.45, 7) is 0.223. The third-order valence-electron chi connectivity index (χ3n) is 2.59. The number of carboxylic acid groups (broad SMARTS) is 1. The van der Waals surface area contributed by atoms with Crippen molar-refractivity contribution in [2.24, 2.45) is 0 Å². The van der Waals surface area contributed by atoms with E-state index in [2.05, 4.69) is 15.0 Å². The highest BCUT2D eigenvalue weighted by atomic mass is 19.4. The lowest BCUT2D eigenvalue weighted by atomic mass is 10.1. The van der Waals surface area contributed by atoms with Crippen LogP contribution in [-0.4, -0.2) is 40.8 Å². The van der Waals surface area contributed by atoms with Gasteiger partial charge < -0.3 is 15.2 Å². The van der Waals surface area contributed by atoms with E-state index in [4.69, 9.17) is 5.11 Å². The van der Waals surface area contributed by atoms with Gasteiger partial charge in [-0.2, -0.15) is 13.2 Å². The molecule has 0 aliphatic rings. The number of ether oxygens (including phenoxy) is 1. The van der Waals surface area contributed by atoms with Gasteiger partial charge in [0.2, 0.25) is 5.88 Å². The molecule has 23 heavy (non-hydrogen) atoms. The Labute approximate surface area is 130 Å². The fraction of sp³-hybridized carbons (Fsp3) is 0.357. The Morgan fingerprint density at radius 1 is 1.43 bits per heavy atom. The Hall–Kier alpha value is -2.58. The van der Waals surface area contributed by atoms with Crippen LogP contribution in [-0.2, 0) is 4.79 Å². The van der Waals surface area contributed by atoms with Gasteiger partial charge in [0, 0.05) is 12.3 Å². The van der Waals surface area contributed by atoms with Crippen LogP contribution in [0, 0.1) is 0 Å². The van der Waals surface area contributed by atoms with Crippen LogP contribution in [0.1, 0.15) is 23.7 Å². The summed E-state index contributed by atoms with van der Waals surface area (Å²) in [5.74, 6) is -2.19. The number of nitrogens with zero attached hydrogens (tertiary/aromatic N) is 1. The monoisotopic (exact) mass is 332 g/mol. The van der Waals surface area contributed by atoms with Gasteiger partial charge >= 0.3 is 12.1 Å². The molecule has 0 saturated carbocycles. The number of halogens is 3. The van der Waals surface area contributed by atoms with E-state index >= 15 is 0 Å². The summed E-state index contributed by atoms with van der Waals surface area (Å²) in [5, 5.41) is 11.3. The smallest absolute Gasteiger partial charge is 0.422 e. The maximum absolute atomic E-state index is 12.0. The quantitative estimate of drug-likeness (QED) is 0.747. The van der Waals surface area contributed by atoms with Crippen molar-refractivity contribution in [3.63, 3.8) is 0 Å². The maximum atomic E-state index is 12.0. The van der Waals surface area contributed by atoms with Gasteiger partial charge in [-0.1, -0.05) is 12.2 Å². The minimum atomic E-state index is -4.49. The van der Waals surface area contributed by atoms with E-state index < -0.39 is 30.7 Å². The van der Waals surface area contributed by atoms with Gasteiger partial charge in [-0.15, -0.1) is 0 Å². The van der Waals surface area contributed by atoms with Crippen LogP contribution < -0.4 is 10.1 Å². The summed E-state index contributed by atoms with van der Waals surface area (Å²) in [5.41, 5.74) is 0.0103. The predicted octanol–water partition coefficient (Wildman–Crippen LogP) is 2.17. The number of hydrogen-bond acceptors (Lipinski definition) is 4. The molecule has 0 aromatic carbocycles. The van der Waals surface area contributed by atoms with Crippen molar-refractivity contribution < 1.29 is 32.6 Å². The first-order chi connectivity index (χ1) is 10.7. The molecule has 0 radical (unpaired) electrons. The van der Waals surface area contributed by atoms with E-state index in [0.29, 0.717) is 0 Å². The number of amides is 1. The van der Waals surface area contributed by atoms with E-state index in [1.807, 2.05) is 0 Å². The number of carbonyl (C=O) groups is 2. The first-order valence-electron chi connectivity index (χ1n) is 6.53. The SMILES string of the molecule is C/C=C/CC(NC(=O)c1ccc(OCC(F)(F)F)nc1)C(=O)O. The first kappa shape index (κ1) is 18.5. The fourth-order valence-corrected chi connectivity index (χ4v) is 1.49. The zero-order chi connectivity index (χ0) is 17.5. The summed E-state index contributed by atoms with van der Waals surface area (Å²) in [6, 6.07) is 1.19. The normalized spacial score (nSPS) is 12.9. The Kier molecular flexibility index (Phi) is 6.55. The van der Waals surface area contributed by atoms with Gasteiger partial charge in [0.15, 0.2) is 6.61 Å². The molecular formula is C14H15F3N2O4. The molecular weight excluding hydrogens is 317 g/mol. The lowest BCUT2D eigenvalue weighted by molar-refractivity contribution is -0.154. The lowest BCUT2D eigenvalue weighted by Gasteiger charge is -2.13. The van der Waals surface area contributed by atoms with Gasteiger partial charge in [-0.05, 0) is 19.4 Å². The molecule has 0 bridgehead atoms. The zero-order valence-electron chi connectivity index (χ0n) is 12.1. The number of carbonyl (C=O) groups excluding carboxylic acids is 1. The van der Waals surface area contributed by atoms with Gasteiger partial charge in [-0.3, -0.25) is 4.79 Å². The summed E-state index contributed by atoms with van der Waals surface area (Å²) in [6.07, 6.45) is -0.131. The summed E-state index contributed by atoms with van der Waals surface area (Å²) in [7, 11) is 0. The van der Waals surface area contributed by atoms with Crippen LogP contribution >= 0.6 is 0 Å². The minimum absolute atomic E-state index is 0.0103. The average Bonchev–Trinajstić information content (AvgIpc) is 2.48. The van der Waals surface area contributed by atoms with E-state index in [1.54, 1.807) is 19.1 Å². The molecule has 1 amide bonds. The summed E-state index contributed by atoms with van der Waals surface area (Å²) in [4.78, 5) is 26.5. The number of alkyl halides is 3. The second-order valence-electron chi connectivity index (χ2n) is 4.46. The van der Waals surface area contributed by atoms with Crippen LogP contribution in [0.5, 0.6) is 5.88 Å². The Morgan fingerprint density at radius 2 is 2.13 bits per heavy atom. The average molecular weight is 332 g/mol. The van der Waals surface area contributed by atoms with Gasteiger partial charge in [0.25, 0.3) is 5.91 Å². The van der Waals surface area contributed by atoms with Crippen molar-refractivity contribution in [1.29, 1.82) is 0 Å². The number of nitrogens with one attached hydrogen (secondary N) is 1. The van der Waals surface area contributed by atoms with Gasteiger partial charge in [0.05, 0.1) is 5.56 Å². The number of pyridine rings is 1. The third kappa shape index (κ3) is 6.81. The molecule has 0 spiro atoms. The van der Waals surface area contributed by atoms with Crippen molar-refractivity contribution in [3.8, 4) is 5.88 Å². The molecule has 2 N–H and O–H groups in total. The van der Waals surface area contributed by atoms with Crippen molar-refractivity contribution in [2.45, 2.75) is 25.6 Å². The predicted molar refractivity (Wildman–Crippen MR) is 74.1 cm³/mol. The molecule has 0 aliphatic carbocycles. The molecule has 0 saturated heterocycles. The summed E-state index contributed by atoms with van der Waals surface area (Å²) >= 11 is 0. The number of hydrogen-bond donors (Lipinski definition) is 2. The Balaban J connectivity index is 2.67. The second-order valence-corrected chi connectivity index (χ2v) is 4.46. The van der Waals surface area contributed by atoms with Crippen LogP contribution in [0.3, 0.4) is 0 Å². The molecule has 1 unspecified atom stereocenters. The van der Waals surface area contributed by atoms with Gasteiger partial charge in [0.1, 0.15) is 6.04 Å². The Bertz CT molecular complexity index is 570. The topological polar surface area (TPSA) is 88.5 Å². The first-order valence-corrected chi connectivity index (χ1v) is 6.53. The molecule has 6 nitrogen and oxygen atoms in total. The van der Waals surface area contributed by atoms with Crippen LogP contribution in [0.4, 0.5) is 13.2 Å². The highest BCUT2D eigenvalue weighted by molar-refractivity contribution is 5.96. The van der Waals surface area contributed by atoms with Gasteiger partial charge in [-0.25, -0.2) is 9.78 Å². The fourth-order valence-electron chi connectivity index (χ4n) is 1.49. The number of rotatable bonds is 7. The molecule has 1 aromatic heterocycles. The molecule has 9 heteroatoms. The molecule has 1 rings (SSSR count). The third-order valence-corrected chi connectivity index (χ3v) is 2.59. The highest BCUT2D eigenvalue weighted by Gasteiger charge is 2.28. The van der Waals surface area contributed by atoms with E-state index in [9.17, 15) is 22.8 Å². The highest BCUT2D eigenvalue weighted by Crippen LogP contribution is 2.17. The van der Waals surface area contributed by atoms with E-state index in [0.717, 1.165) is 12.3 Å². The number of aromatic nitrogens is 1. The largest absolute Gasteiger partial charge is 0.480 e. The van der Waals surface area contributed by atoms with E-state index in [-0.39, 0.29) is 17.9 Å². The Morgan fingerprint density at radius 3 is 2.61 bits per heavy atom. The summed E-state index contributed by atoms with van der Waals surface area (Å²) < 4.78 is 40.4. The molecule has 0 aliphatic heterocycles. The van der Waals surface area contributed by atoms with Crippen LogP contribution in [0.2, 0.25) is 0 Å². The zero-order valence-corrected chi connectivity index (χ0v) is 12.1. The van der Waals surface area contributed by atoms with Crippen molar-refractivity contribution in [2.75, 3.05) is 6.61 Å². The second kappa shape index (κ2) is 8.16. The van der Waals surface area contributed by atoms with E-state index in [1.165, 1.54) is 6.07 Å². The molecule has 1 atom stereocenters. The van der Waals surface area contributed by atoms with Crippen LogP contribution in [0.25, 0.3) is 0 Å². The molecule has 0 fully saturated rings. The minimum Gasteiger partial charge on any atom is -0.480 e. The van der Waals surface area contributed by atoms with Crippen molar-refractivity contribution in [3.05, 3.63) is 36.0 Å². The molecule has 1 aromatic rings. The molecule has 1 heterocycles. The van der Waals surface area contributed by atoms with Crippen molar-refractivity contribution in [1.82, 2.24) is 10.3 Å². The van der Waals surface area contributed by atoms with Crippen molar-refractivity contribution >= 4 is 11.9 Å². The maximum Gasteiger partial charge on any atom is 0.422 e. The lowest BCUT2D eigenvalue weighted by Crippen LogP contribution is -2.40. The number of allylic oxidation sites excluding steroid dienone is 1. The molecule has 126 valence electrons. The van der Waals surface area contributed by atoms with Crippen LogP contribution in [0.15, 0.2) is 30.5 Å². The number of carboxylic acids is 1. The standard InChI is InChI=1S/C14H15F3N2O4/c1-2-3-4-10(13(21)22)19-12(20)9-5-6-11(18-7-9)23-8-14(15,16)17/h2-3,5-7,10H,4,8H2,1H3,(H,19,20)(H,21,22)/b3-2+. The number of aliphatic carboxylic acids is 1.